The van der Waals surface area contributed by atoms with Crippen molar-refractivity contribution in [2.75, 3.05) is 4.90 Å². The van der Waals surface area contributed by atoms with Crippen molar-refractivity contribution in [3.63, 3.8) is 0 Å². The molecule has 2 atom stereocenters. The quantitative estimate of drug-likeness (QED) is 0.0904. The van der Waals surface area contributed by atoms with Crippen LogP contribution in [0.2, 0.25) is 5.02 Å². The van der Waals surface area contributed by atoms with Crippen molar-refractivity contribution < 1.29 is 24.5 Å². The summed E-state index contributed by atoms with van der Waals surface area (Å²) < 4.78 is 6.35. The van der Waals surface area contributed by atoms with Crippen LogP contribution in [0.1, 0.15) is 35.2 Å². The van der Waals surface area contributed by atoms with Crippen LogP contribution in [-0.4, -0.2) is 38.2 Å². The molecule has 3 heterocycles. The number of anilines is 1. The number of ether oxygens (including phenoxy) is 1. The standard InChI is InChI=1S/C29H22ClN3O5S2/c1-15-11-19-12-17(9-10-22(19)38-15)25(35)23-24(16-6-4-7-20(34)13-16)33(27(37)26(23)36)28-31-32-29(40-28)39-14-18-5-2-3-8-21(18)30/h2-10,12-13,15,24,34-35H,11,14H2,1H3. The van der Waals surface area contributed by atoms with E-state index >= 15 is 0 Å². The number of phenolic OH excluding ortho intramolecular Hbond substituents is 1. The number of nitrogens with zero attached hydrogens (tertiary/aromatic N) is 3. The fourth-order valence-electron chi connectivity index (χ4n) is 4.88. The Morgan fingerprint density at radius 3 is 2.75 bits per heavy atom. The Kier molecular flexibility index (Phi) is 6.99. The van der Waals surface area contributed by atoms with Crippen LogP contribution in [-0.2, 0) is 21.8 Å². The number of carbonyl (C=O) groups excluding carboxylic acids is 2. The van der Waals surface area contributed by atoms with Crippen LogP contribution < -0.4 is 9.64 Å². The second kappa shape index (κ2) is 10.6. The number of halogens is 1. The minimum atomic E-state index is -1.02. The number of benzene rings is 3. The largest absolute Gasteiger partial charge is 0.508 e. The molecule has 8 nitrogen and oxygen atoms in total. The van der Waals surface area contributed by atoms with Gasteiger partial charge in [-0.3, -0.25) is 14.5 Å². The number of Topliss-reactive ketones (excluding diaryl/α,β-unsaturated/α-hetero) is 1. The van der Waals surface area contributed by atoms with E-state index in [4.69, 9.17) is 16.3 Å². The first kappa shape index (κ1) is 26.4. The third-order valence-electron chi connectivity index (χ3n) is 6.71. The molecule has 1 aromatic heterocycles. The van der Waals surface area contributed by atoms with Crippen molar-refractivity contribution in [1.29, 1.82) is 0 Å². The molecule has 40 heavy (non-hydrogen) atoms. The molecular formula is C29H22ClN3O5S2. The monoisotopic (exact) mass is 591 g/mol. The lowest BCUT2D eigenvalue weighted by atomic mass is 9.94. The molecule has 2 aliphatic rings. The van der Waals surface area contributed by atoms with Crippen LogP contribution in [0.15, 0.2) is 76.6 Å². The van der Waals surface area contributed by atoms with Crippen LogP contribution in [0.5, 0.6) is 11.5 Å². The minimum absolute atomic E-state index is 0.00709. The Bertz CT molecular complexity index is 1690. The number of carbonyl (C=O) groups is 2. The average molecular weight is 592 g/mol. The summed E-state index contributed by atoms with van der Waals surface area (Å²) in [5.41, 5.74) is 2.58. The zero-order valence-corrected chi connectivity index (χ0v) is 23.5. The number of fused-ring (bicyclic) bond motifs is 1. The number of hydrogen-bond acceptors (Lipinski definition) is 9. The van der Waals surface area contributed by atoms with Gasteiger partial charge in [0.05, 0.1) is 11.6 Å². The summed E-state index contributed by atoms with van der Waals surface area (Å²) >= 11 is 8.84. The Labute approximate surface area is 242 Å². The maximum atomic E-state index is 13.5. The highest BCUT2D eigenvalue weighted by Gasteiger charge is 2.48. The van der Waals surface area contributed by atoms with E-state index in [0.29, 0.717) is 32.7 Å². The van der Waals surface area contributed by atoms with Gasteiger partial charge in [-0.25, -0.2) is 0 Å². The number of aliphatic hydroxyl groups excluding tert-OH is 1. The minimum Gasteiger partial charge on any atom is -0.508 e. The SMILES string of the molecule is CC1Cc2cc(C(O)=C3C(=O)C(=O)N(c4nnc(SCc5ccccc5Cl)s4)C3c3cccc(O)c3)ccc2O1. The average Bonchev–Trinajstić information content (AvgIpc) is 3.63. The second-order valence-corrected chi connectivity index (χ2v) is 12.0. The number of amides is 1. The number of ketones is 1. The molecule has 0 aliphatic carbocycles. The van der Waals surface area contributed by atoms with Crippen molar-refractivity contribution in [3.8, 4) is 11.5 Å². The summed E-state index contributed by atoms with van der Waals surface area (Å²) in [6.45, 7) is 1.95. The number of aromatic nitrogens is 2. The van der Waals surface area contributed by atoms with Gasteiger partial charge in [0.2, 0.25) is 5.13 Å². The molecule has 4 aromatic rings. The van der Waals surface area contributed by atoms with Gasteiger partial charge >= 0.3 is 5.91 Å². The highest BCUT2D eigenvalue weighted by atomic mass is 35.5. The van der Waals surface area contributed by atoms with Gasteiger partial charge in [-0.15, -0.1) is 10.2 Å². The molecule has 2 aliphatic heterocycles. The van der Waals surface area contributed by atoms with Crippen molar-refractivity contribution in [1.82, 2.24) is 10.2 Å². The fraction of sp³-hybridized carbons (Fsp3) is 0.172. The molecule has 2 unspecified atom stereocenters. The van der Waals surface area contributed by atoms with Crippen LogP contribution in [0.3, 0.4) is 0 Å². The van der Waals surface area contributed by atoms with Gasteiger partial charge in [0.25, 0.3) is 5.78 Å². The Morgan fingerprint density at radius 1 is 1.12 bits per heavy atom. The van der Waals surface area contributed by atoms with E-state index in [1.807, 2.05) is 31.2 Å². The number of phenols is 1. The number of aromatic hydroxyl groups is 1. The van der Waals surface area contributed by atoms with E-state index in [1.54, 1.807) is 30.3 Å². The predicted molar refractivity (Wildman–Crippen MR) is 154 cm³/mol. The number of aliphatic hydroxyl groups is 1. The maximum absolute atomic E-state index is 13.5. The first-order valence-corrected chi connectivity index (χ1v) is 14.6. The first-order chi connectivity index (χ1) is 19.3. The molecule has 0 saturated carbocycles. The van der Waals surface area contributed by atoms with E-state index in [2.05, 4.69) is 10.2 Å². The summed E-state index contributed by atoms with van der Waals surface area (Å²) in [6, 6.07) is 17.9. The topological polar surface area (TPSA) is 113 Å². The summed E-state index contributed by atoms with van der Waals surface area (Å²) in [5.74, 6) is -0.772. The van der Waals surface area contributed by atoms with Crippen LogP contribution in [0.25, 0.3) is 5.76 Å². The lowest BCUT2D eigenvalue weighted by Crippen LogP contribution is -2.29. The van der Waals surface area contributed by atoms with E-state index in [0.717, 1.165) is 28.2 Å². The van der Waals surface area contributed by atoms with Gasteiger partial charge < -0.3 is 14.9 Å². The third kappa shape index (κ3) is 4.83. The third-order valence-corrected chi connectivity index (χ3v) is 9.18. The summed E-state index contributed by atoms with van der Waals surface area (Å²) in [4.78, 5) is 28.1. The van der Waals surface area contributed by atoms with Gasteiger partial charge in [-0.05, 0) is 60.0 Å². The van der Waals surface area contributed by atoms with E-state index in [9.17, 15) is 19.8 Å². The highest BCUT2D eigenvalue weighted by Crippen LogP contribution is 2.45. The van der Waals surface area contributed by atoms with Crippen molar-refractivity contribution in [3.05, 3.63) is 99.6 Å². The van der Waals surface area contributed by atoms with Crippen molar-refractivity contribution >= 4 is 57.3 Å². The number of hydrogen-bond donors (Lipinski definition) is 2. The summed E-state index contributed by atoms with van der Waals surface area (Å²) in [5, 5.41) is 30.9. The normalized spacial score (nSPS) is 19.6. The molecule has 1 saturated heterocycles. The molecule has 1 amide bonds. The summed E-state index contributed by atoms with van der Waals surface area (Å²) in [6.07, 6.45) is 0.674. The number of rotatable bonds is 6. The molecule has 11 heteroatoms. The summed E-state index contributed by atoms with van der Waals surface area (Å²) in [7, 11) is 0. The molecular weight excluding hydrogens is 570 g/mol. The van der Waals surface area contributed by atoms with Crippen molar-refractivity contribution in [2.45, 2.75) is 35.6 Å². The highest BCUT2D eigenvalue weighted by molar-refractivity contribution is 8.00. The Hall–Kier alpha value is -3.86. The van der Waals surface area contributed by atoms with Gasteiger partial charge in [0.1, 0.15) is 23.4 Å². The molecule has 6 rings (SSSR count). The van der Waals surface area contributed by atoms with Gasteiger partial charge in [0.15, 0.2) is 4.34 Å². The van der Waals surface area contributed by atoms with Crippen molar-refractivity contribution in [2.24, 2.45) is 0 Å². The molecule has 202 valence electrons. The lowest BCUT2D eigenvalue weighted by molar-refractivity contribution is -0.132. The lowest BCUT2D eigenvalue weighted by Gasteiger charge is -2.22. The van der Waals surface area contributed by atoms with E-state index in [-0.39, 0.29) is 28.3 Å². The zero-order chi connectivity index (χ0) is 28.0. The van der Waals surface area contributed by atoms with Crippen LogP contribution in [0, 0.1) is 0 Å². The Balaban J connectivity index is 1.39. The maximum Gasteiger partial charge on any atom is 0.301 e. The molecule has 0 bridgehead atoms. The van der Waals surface area contributed by atoms with E-state index < -0.39 is 17.7 Å². The van der Waals surface area contributed by atoms with Gasteiger partial charge in [0, 0.05) is 22.8 Å². The predicted octanol–water partition coefficient (Wildman–Crippen LogP) is 6.14. The first-order valence-electron chi connectivity index (χ1n) is 12.4. The van der Waals surface area contributed by atoms with E-state index in [1.165, 1.54) is 28.8 Å². The Morgan fingerprint density at radius 2 is 1.95 bits per heavy atom. The zero-order valence-electron chi connectivity index (χ0n) is 21.1. The number of thioether (sulfide) groups is 1. The van der Waals surface area contributed by atoms with Gasteiger partial charge in [-0.1, -0.05) is 65.0 Å². The molecule has 2 N–H and O–H groups in total. The fourth-order valence-corrected chi connectivity index (χ4v) is 7.03. The molecule has 0 spiro atoms. The molecule has 3 aromatic carbocycles. The van der Waals surface area contributed by atoms with Gasteiger partial charge in [-0.2, -0.15) is 0 Å². The molecule has 0 radical (unpaired) electrons. The molecule has 1 fully saturated rings. The second-order valence-electron chi connectivity index (χ2n) is 9.45. The smallest absolute Gasteiger partial charge is 0.301 e. The van der Waals surface area contributed by atoms with Crippen LogP contribution in [0.4, 0.5) is 5.13 Å². The van der Waals surface area contributed by atoms with Crippen LogP contribution >= 0.6 is 34.7 Å².